The summed E-state index contributed by atoms with van der Waals surface area (Å²) in [6.45, 7) is -1.04. The van der Waals surface area contributed by atoms with Gasteiger partial charge in [0.2, 0.25) is 0 Å². The molecular weight excluding hydrogens is 583 g/mol. The van der Waals surface area contributed by atoms with Crippen molar-refractivity contribution >= 4 is 32.7 Å². The molecule has 2 saturated carbocycles. The number of alkyl halides is 2. The first-order valence-corrected chi connectivity index (χ1v) is 15.3. The Balaban J connectivity index is 1.05. The SMILES string of the molecule is COC(=O)c1cc(F)c2nc(N3C[C@H]4C[C@H](OCc5c(-c6ccccc6OC(F)F)noc5C5CC5)CC[C@H]4C3)sc2c1. The van der Waals surface area contributed by atoms with Gasteiger partial charge in [-0.2, -0.15) is 8.78 Å². The van der Waals surface area contributed by atoms with E-state index >= 15 is 0 Å². The first-order valence-electron chi connectivity index (χ1n) is 14.5. The van der Waals surface area contributed by atoms with Crippen LogP contribution in [0.15, 0.2) is 40.9 Å². The highest BCUT2D eigenvalue weighted by molar-refractivity contribution is 7.22. The number of rotatable bonds is 9. The molecule has 2 aromatic carbocycles. The van der Waals surface area contributed by atoms with Crippen molar-refractivity contribution < 1.29 is 36.7 Å². The monoisotopic (exact) mass is 613 g/mol. The predicted molar refractivity (Wildman–Crippen MR) is 153 cm³/mol. The van der Waals surface area contributed by atoms with E-state index in [0.29, 0.717) is 27.8 Å². The fraction of sp³-hybridized carbons (Fsp3) is 0.452. The number of para-hydroxylation sites is 1. The molecule has 226 valence electrons. The molecule has 0 spiro atoms. The molecule has 7 rings (SSSR count). The Kier molecular flexibility index (Phi) is 7.50. The number of anilines is 1. The number of nitrogens with zero attached hydrogens (tertiary/aromatic N) is 3. The number of fused-ring (bicyclic) bond motifs is 2. The molecule has 4 aromatic rings. The van der Waals surface area contributed by atoms with Crippen LogP contribution in [-0.2, 0) is 16.1 Å². The van der Waals surface area contributed by atoms with Crippen molar-refractivity contribution in [2.24, 2.45) is 11.8 Å². The Morgan fingerprint density at radius 3 is 2.74 bits per heavy atom. The molecule has 3 atom stereocenters. The minimum absolute atomic E-state index is 0.0268. The van der Waals surface area contributed by atoms with Gasteiger partial charge in [0.1, 0.15) is 22.7 Å². The van der Waals surface area contributed by atoms with Gasteiger partial charge >= 0.3 is 12.6 Å². The highest BCUT2D eigenvalue weighted by Gasteiger charge is 2.40. The van der Waals surface area contributed by atoms with E-state index in [4.69, 9.17) is 18.7 Å². The van der Waals surface area contributed by atoms with Gasteiger partial charge in [0, 0.05) is 30.1 Å². The first kappa shape index (κ1) is 28.1. The molecule has 0 amide bonds. The number of thiazole rings is 1. The Morgan fingerprint density at radius 1 is 1.14 bits per heavy atom. The number of esters is 1. The molecule has 3 fully saturated rings. The third-order valence-corrected chi connectivity index (χ3v) is 9.78. The normalized spacial score (nSPS) is 21.9. The number of carbonyl (C=O) groups is 1. The summed E-state index contributed by atoms with van der Waals surface area (Å²) in [4.78, 5) is 18.7. The Hall–Kier alpha value is -3.64. The summed E-state index contributed by atoms with van der Waals surface area (Å²) < 4.78 is 63.3. The zero-order chi connectivity index (χ0) is 29.7. The standard InChI is InChI=1S/C31H30F3N3O5S/c1-39-29(38)18-11-23(32)27-25(12-18)43-31(35-27)37-13-17-8-9-20(10-19(17)14-37)40-15-22-26(36-42-28(22)16-6-7-16)21-4-2-3-5-24(21)41-30(33)34/h2-5,11-12,16-17,19-20,30H,6-10,13-15H2,1H3/t17-,19+,20+/m0/s1. The van der Waals surface area contributed by atoms with Crippen LogP contribution in [0.5, 0.6) is 5.75 Å². The molecular formula is C31H30F3N3O5S. The molecule has 12 heteroatoms. The number of benzene rings is 2. The van der Waals surface area contributed by atoms with Crippen molar-refractivity contribution in [3.05, 3.63) is 59.1 Å². The fourth-order valence-electron chi connectivity index (χ4n) is 6.45. The van der Waals surface area contributed by atoms with Gasteiger partial charge in [0.05, 0.1) is 30.1 Å². The summed E-state index contributed by atoms with van der Waals surface area (Å²) in [5.41, 5.74) is 2.17. The van der Waals surface area contributed by atoms with Crippen molar-refractivity contribution in [3.63, 3.8) is 0 Å². The first-order chi connectivity index (χ1) is 20.9. The molecule has 3 heterocycles. The molecule has 1 saturated heterocycles. The molecule has 0 radical (unpaired) electrons. The largest absolute Gasteiger partial charge is 0.465 e. The molecule has 43 heavy (non-hydrogen) atoms. The fourth-order valence-corrected chi connectivity index (χ4v) is 7.48. The Morgan fingerprint density at radius 2 is 1.95 bits per heavy atom. The van der Waals surface area contributed by atoms with Crippen LogP contribution in [0, 0.1) is 17.7 Å². The number of methoxy groups -OCH3 is 1. The summed E-state index contributed by atoms with van der Waals surface area (Å²) >= 11 is 1.38. The second-order valence-electron chi connectivity index (χ2n) is 11.5. The number of hydrogen-bond donors (Lipinski definition) is 0. The van der Waals surface area contributed by atoms with E-state index < -0.39 is 18.4 Å². The molecule has 8 nitrogen and oxygen atoms in total. The van der Waals surface area contributed by atoms with Crippen LogP contribution in [0.2, 0.25) is 0 Å². The van der Waals surface area contributed by atoms with Gasteiger partial charge in [-0.05, 0) is 68.2 Å². The molecule has 3 aliphatic rings. The molecule has 0 N–H and O–H groups in total. The van der Waals surface area contributed by atoms with Crippen LogP contribution >= 0.6 is 11.3 Å². The maximum atomic E-state index is 14.7. The zero-order valence-corrected chi connectivity index (χ0v) is 24.2. The molecule has 2 aliphatic carbocycles. The van der Waals surface area contributed by atoms with Crippen LogP contribution in [-0.4, -0.2) is 49.0 Å². The van der Waals surface area contributed by atoms with Crippen molar-refractivity contribution in [1.29, 1.82) is 0 Å². The highest BCUT2D eigenvalue weighted by Crippen LogP contribution is 2.46. The molecule has 0 unspecified atom stereocenters. The number of halogens is 3. The lowest BCUT2D eigenvalue weighted by Crippen LogP contribution is -2.28. The van der Waals surface area contributed by atoms with E-state index in [1.807, 2.05) is 0 Å². The highest BCUT2D eigenvalue weighted by atomic mass is 32.1. The number of ether oxygens (including phenoxy) is 3. The van der Waals surface area contributed by atoms with Gasteiger partial charge in [-0.3, -0.25) is 0 Å². The smallest absolute Gasteiger partial charge is 0.387 e. The maximum absolute atomic E-state index is 14.7. The van der Waals surface area contributed by atoms with Gasteiger partial charge in [-0.15, -0.1) is 0 Å². The Labute approximate surface area is 249 Å². The second kappa shape index (κ2) is 11.5. The zero-order valence-electron chi connectivity index (χ0n) is 23.4. The quantitative estimate of drug-likeness (QED) is 0.184. The lowest BCUT2D eigenvalue weighted by Gasteiger charge is -2.30. The minimum Gasteiger partial charge on any atom is -0.465 e. The van der Waals surface area contributed by atoms with E-state index in [9.17, 15) is 18.0 Å². The van der Waals surface area contributed by atoms with Crippen molar-refractivity contribution in [2.45, 2.75) is 57.3 Å². The Bertz CT molecular complexity index is 1650. The van der Waals surface area contributed by atoms with Gasteiger partial charge in [0.25, 0.3) is 0 Å². The molecule has 2 aromatic heterocycles. The van der Waals surface area contributed by atoms with Gasteiger partial charge < -0.3 is 23.6 Å². The summed E-state index contributed by atoms with van der Waals surface area (Å²) in [6.07, 6.45) is 4.79. The van der Waals surface area contributed by atoms with E-state index in [1.54, 1.807) is 24.3 Å². The second-order valence-corrected chi connectivity index (χ2v) is 12.5. The van der Waals surface area contributed by atoms with E-state index in [0.717, 1.165) is 61.6 Å². The topological polar surface area (TPSA) is 86.9 Å². The lowest BCUT2D eigenvalue weighted by atomic mass is 9.80. The summed E-state index contributed by atoms with van der Waals surface area (Å²) in [5.74, 6) is 0.845. The summed E-state index contributed by atoms with van der Waals surface area (Å²) in [6, 6.07) is 9.41. The van der Waals surface area contributed by atoms with Crippen LogP contribution in [0.4, 0.5) is 18.3 Å². The van der Waals surface area contributed by atoms with Gasteiger partial charge in [0.15, 0.2) is 10.9 Å². The van der Waals surface area contributed by atoms with Crippen LogP contribution in [0.25, 0.3) is 21.5 Å². The van der Waals surface area contributed by atoms with Crippen molar-refractivity contribution in [3.8, 4) is 17.0 Å². The summed E-state index contributed by atoms with van der Waals surface area (Å²) in [5, 5.41) is 5.02. The lowest BCUT2D eigenvalue weighted by molar-refractivity contribution is -0.0494. The average molecular weight is 614 g/mol. The average Bonchev–Trinajstić information content (AvgIpc) is 3.40. The molecule has 1 aliphatic heterocycles. The van der Waals surface area contributed by atoms with Crippen molar-refractivity contribution in [1.82, 2.24) is 10.1 Å². The molecule has 0 bridgehead atoms. The van der Waals surface area contributed by atoms with E-state index in [-0.39, 0.29) is 35.5 Å². The third-order valence-electron chi connectivity index (χ3n) is 8.72. The van der Waals surface area contributed by atoms with Gasteiger partial charge in [-0.25, -0.2) is 14.2 Å². The third kappa shape index (κ3) is 5.58. The van der Waals surface area contributed by atoms with Crippen LogP contribution in [0.3, 0.4) is 0 Å². The van der Waals surface area contributed by atoms with Crippen LogP contribution in [0.1, 0.15) is 59.7 Å². The minimum atomic E-state index is -2.95. The van der Waals surface area contributed by atoms with E-state index in [1.165, 1.54) is 30.6 Å². The number of hydrogen-bond acceptors (Lipinski definition) is 9. The van der Waals surface area contributed by atoms with Crippen molar-refractivity contribution in [2.75, 3.05) is 25.1 Å². The number of carbonyl (C=O) groups excluding carboxylic acids is 1. The van der Waals surface area contributed by atoms with E-state index in [2.05, 4.69) is 15.0 Å². The van der Waals surface area contributed by atoms with Gasteiger partial charge in [-0.1, -0.05) is 28.6 Å². The number of aromatic nitrogens is 2. The summed E-state index contributed by atoms with van der Waals surface area (Å²) in [7, 11) is 1.27. The predicted octanol–water partition coefficient (Wildman–Crippen LogP) is 7.18. The van der Waals surface area contributed by atoms with Crippen LogP contribution < -0.4 is 9.64 Å². The maximum Gasteiger partial charge on any atom is 0.387 e.